The predicted octanol–water partition coefficient (Wildman–Crippen LogP) is 2.81. The van der Waals surface area contributed by atoms with Crippen LogP contribution in [0.2, 0.25) is 0 Å². The molecule has 1 aliphatic rings. The van der Waals surface area contributed by atoms with Crippen molar-refractivity contribution in [1.82, 2.24) is 4.90 Å². The van der Waals surface area contributed by atoms with Gasteiger partial charge in [0, 0.05) is 26.9 Å². The number of hydrogen-bond acceptors (Lipinski definition) is 2. The van der Waals surface area contributed by atoms with Gasteiger partial charge in [0.1, 0.15) is 5.78 Å². The lowest BCUT2D eigenvalue weighted by molar-refractivity contribution is -0.136. The summed E-state index contributed by atoms with van der Waals surface area (Å²) >= 11 is 0. The van der Waals surface area contributed by atoms with Gasteiger partial charge in [-0.05, 0) is 12.3 Å². The lowest BCUT2D eigenvalue weighted by Crippen LogP contribution is -2.37. The van der Waals surface area contributed by atoms with Crippen LogP contribution in [0.4, 0.5) is 0 Å². The fraction of sp³-hybridized carbons (Fsp3) is 0.733. The third-order valence-electron chi connectivity index (χ3n) is 3.61. The molecule has 0 aliphatic heterocycles. The number of ketones is 1. The zero-order chi connectivity index (χ0) is 13.7. The summed E-state index contributed by atoms with van der Waals surface area (Å²) in [5, 5.41) is 0. The Bertz CT molecular complexity index is 344. The van der Waals surface area contributed by atoms with Crippen molar-refractivity contribution in [3.63, 3.8) is 0 Å². The number of unbranched alkanes of at least 4 members (excludes halogenated alkanes) is 2. The highest BCUT2D eigenvalue weighted by Crippen LogP contribution is 2.33. The number of amides is 1. The van der Waals surface area contributed by atoms with E-state index in [2.05, 4.69) is 19.9 Å². The van der Waals surface area contributed by atoms with Crippen LogP contribution in [0.3, 0.4) is 0 Å². The molecule has 0 spiro atoms. The van der Waals surface area contributed by atoms with Crippen molar-refractivity contribution < 1.29 is 9.59 Å². The second-order valence-corrected chi connectivity index (χ2v) is 5.48. The maximum Gasteiger partial charge on any atom is 0.229 e. The molecule has 1 aliphatic carbocycles. The van der Waals surface area contributed by atoms with Crippen molar-refractivity contribution in [2.75, 3.05) is 14.1 Å². The molecule has 0 bridgehead atoms. The van der Waals surface area contributed by atoms with Gasteiger partial charge in [-0.3, -0.25) is 9.59 Å². The van der Waals surface area contributed by atoms with Crippen LogP contribution in [0.15, 0.2) is 11.6 Å². The molecule has 0 radical (unpaired) electrons. The van der Waals surface area contributed by atoms with Gasteiger partial charge in [0.05, 0.1) is 5.92 Å². The molecule has 0 N–H and O–H groups in total. The van der Waals surface area contributed by atoms with E-state index in [9.17, 15) is 9.59 Å². The van der Waals surface area contributed by atoms with Crippen molar-refractivity contribution in [1.29, 1.82) is 0 Å². The SMILES string of the molecule is CCCC/C=C1\[C@H](C)CC(=O)C[C@H]1C(=O)N(C)C. The zero-order valence-electron chi connectivity index (χ0n) is 12.0. The molecule has 3 nitrogen and oxygen atoms in total. The van der Waals surface area contributed by atoms with Crippen molar-refractivity contribution in [2.45, 2.75) is 46.0 Å². The predicted molar refractivity (Wildman–Crippen MR) is 73.2 cm³/mol. The first-order valence-electron chi connectivity index (χ1n) is 6.90. The fourth-order valence-corrected chi connectivity index (χ4v) is 2.59. The topological polar surface area (TPSA) is 37.4 Å². The van der Waals surface area contributed by atoms with Gasteiger partial charge in [-0.1, -0.05) is 38.3 Å². The third-order valence-corrected chi connectivity index (χ3v) is 3.61. The normalized spacial score (nSPS) is 26.4. The van der Waals surface area contributed by atoms with E-state index >= 15 is 0 Å². The Kier molecular flexibility index (Phi) is 5.57. The van der Waals surface area contributed by atoms with Crippen molar-refractivity contribution in [2.24, 2.45) is 11.8 Å². The number of carbonyl (C=O) groups excluding carboxylic acids is 2. The van der Waals surface area contributed by atoms with Gasteiger partial charge in [0.15, 0.2) is 0 Å². The van der Waals surface area contributed by atoms with E-state index in [4.69, 9.17) is 0 Å². The maximum atomic E-state index is 12.2. The van der Waals surface area contributed by atoms with E-state index in [0.717, 1.165) is 19.3 Å². The van der Waals surface area contributed by atoms with Crippen LogP contribution in [0.5, 0.6) is 0 Å². The van der Waals surface area contributed by atoms with Gasteiger partial charge < -0.3 is 4.90 Å². The van der Waals surface area contributed by atoms with Gasteiger partial charge in [-0.2, -0.15) is 0 Å². The van der Waals surface area contributed by atoms with Crippen LogP contribution in [0, 0.1) is 11.8 Å². The molecule has 0 unspecified atom stereocenters. The Morgan fingerprint density at radius 3 is 2.61 bits per heavy atom. The van der Waals surface area contributed by atoms with E-state index in [-0.39, 0.29) is 23.5 Å². The summed E-state index contributed by atoms with van der Waals surface area (Å²) in [5.74, 6) is 0.290. The number of carbonyl (C=O) groups is 2. The molecule has 102 valence electrons. The molecule has 1 rings (SSSR count). The first-order chi connectivity index (χ1) is 8.47. The van der Waals surface area contributed by atoms with Crippen molar-refractivity contribution in [3.05, 3.63) is 11.6 Å². The van der Waals surface area contributed by atoms with Gasteiger partial charge >= 0.3 is 0 Å². The quantitative estimate of drug-likeness (QED) is 0.569. The highest BCUT2D eigenvalue weighted by molar-refractivity contribution is 5.90. The highest BCUT2D eigenvalue weighted by atomic mass is 16.2. The summed E-state index contributed by atoms with van der Waals surface area (Å²) in [6.45, 7) is 4.22. The van der Waals surface area contributed by atoms with Crippen LogP contribution in [0.1, 0.15) is 46.0 Å². The number of Topliss-reactive ketones (excluding diaryl/α,β-unsaturated/α-hetero) is 1. The van der Waals surface area contributed by atoms with Crippen LogP contribution in [-0.4, -0.2) is 30.7 Å². The molecule has 3 heteroatoms. The second-order valence-electron chi connectivity index (χ2n) is 5.48. The molecule has 0 aromatic carbocycles. The van der Waals surface area contributed by atoms with Gasteiger partial charge in [-0.25, -0.2) is 0 Å². The van der Waals surface area contributed by atoms with Gasteiger partial charge in [-0.15, -0.1) is 0 Å². The zero-order valence-corrected chi connectivity index (χ0v) is 12.0. The van der Waals surface area contributed by atoms with E-state index in [1.807, 2.05) is 0 Å². The summed E-state index contributed by atoms with van der Waals surface area (Å²) in [5.41, 5.74) is 1.18. The Balaban J connectivity index is 2.88. The first-order valence-corrected chi connectivity index (χ1v) is 6.90. The van der Waals surface area contributed by atoms with Crippen LogP contribution in [-0.2, 0) is 9.59 Å². The smallest absolute Gasteiger partial charge is 0.229 e. The Morgan fingerprint density at radius 2 is 2.06 bits per heavy atom. The Morgan fingerprint density at radius 1 is 1.39 bits per heavy atom. The van der Waals surface area contributed by atoms with E-state index in [1.165, 1.54) is 5.57 Å². The number of nitrogens with zero attached hydrogens (tertiary/aromatic N) is 1. The number of allylic oxidation sites excluding steroid dienone is 1. The summed E-state index contributed by atoms with van der Waals surface area (Å²) < 4.78 is 0. The fourth-order valence-electron chi connectivity index (χ4n) is 2.59. The molecular formula is C15H25NO2. The first kappa shape index (κ1) is 14.9. The van der Waals surface area contributed by atoms with Crippen LogP contribution >= 0.6 is 0 Å². The summed E-state index contributed by atoms with van der Waals surface area (Å²) in [4.78, 5) is 25.5. The van der Waals surface area contributed by atoms with E-state index in [1.54, 1.807) is 19.0 Å². The molecule has 1 saturated carbocycles. The second kappa shape index (κ2) is 6.72. The highest BCUT2D eigenvalue weighted by Gasteiger charge is 2.34. The number of rotatable bonds is 4. The molecular weight excluding hydrogens is 226 g/mol. The van der Waals surface area contributed by atoms with Crippen molar-refractivity contribution >= 4 is 11.7 Å². The molecule has 1 amide bonds. The Hall–Kier alpha value is -1.12. The van der Waals surface area contributed by atoms with Crippen LogP contribution in [0.25, 0.3) is 0 Å². The summed E-state index contributed by atoms with van der Waals surface area (Å²) in [7, 11) is 3.52. The van der Waals surface area contributed by atoms with Crippen molar-refractivity contribution in [3.8, 4) is 0 Å². The minimum absolute atomic E-state index is 0.0673. The summed E-state index contributed by atoms with van der Waals surface area (Å²) in [6, 6.07) is 0. The van der Waals surface area contributed by atoms with E-state index < -0.39 is 0 Å². The molecule has 2 atom stereocenters. The minimum atomic E-state index is -0.215. The Labute approximate surface area is 110 Å². The largest absolute Gasteiger partial charge is 0.348 e. The molecule has 0 aromatic rings. The molecule has 0 heterocycles. The standard InChI is InChI=1S/C15H25NO2/c1-5-6-7-8-13-11(2)9-12(17)10-14(13)15(18)16(3)4/h8,11,14H,5-7,9-10H2,1-4H3/b13-8+/t11-,14-/m1/s1. The average Bonchev–Trinajstić information content (AvgIpc) is 2.30. The minimum Gasteiger partial charge on any atom is -0.348 e. The average molecular weight is 251 g/mol. The van der Waals surface area contributed by atoms with Gasteiger partial charge in [0.25, 0.3) is 0 Å². The lowest BCUT2D eigenvalue weighted by atomic mass is 9.75. The van der Waals surface area contributed by atoms with Gasteiger partial charge in [0.2, 0.25) is 5.91 Å². The molecule has 1 fully saturated rings. The molecule has 18 heavy (non-hydrogen) atoms. The monoisotopic (exact) mass is 251 g/mol. The number of hydrogen-bond donors (Lipinski definition) is 0. The molecule has 0 saturated heterocycles. The third kappa shape index (κ3) is 3.69. The lowest BCUT2D eigenvalue weighted by Gasteiger charge is -2.31. The maximum absolute atomic E-state index is 12.2. The van der Waals surface area contributed by atoms with E-state index in [0.29, 0.717) is 12.8 Å². The summed E-state index contributed by atoms with van der Waals surface area (Å²) in [6.07, 6.45) is 6.50. The molecule has 0 aromatic heterocycles. The van der Waals surface area contributed by atoms with Crippen LogP contribution < -0.4 is 0 Å².